The minimum atomic E-state index is -0.325. The number of aromatic nitrogens is 1. The van der Waals surface area contributed by atoms with Crippen molar-refractivity contribution in [1.82, 2.24) is 15.2 Å². The SMILES string of the molecule is O=C(N/C(=C/c1cccnc1)C(=O)N1CC[NH+](CCO)CC1)c1ccccc1. The van der Waals surface area contributed by atoms with Crippen molar-refractivity contribution in [2.24, 2.45) is 0 Å². The molecule has 1 aliphatic rings. The Hall–Kier alpha value is -3.03. The molecule has 3 rings (SSSR count). The van der Waals surface area contributed by atoms with Gasteiger partial charge in [0.1, 0.15) is 12.2 Å². The van der Waals surface area contributed by atoms with Gasteiger partial charge in [-0.1, -0.05) is 24.3 Å². The van der Waals surface area contributed by atoms with E-state index < -0.39 is 0 Å². The van der Waals surface area contributed by atoms with Gasteiger partial charge in [0.05, 0.1) is 32.8 Å². The Morgan fingerprint density at radius 3 is 2.54 bits per heavy atom. The Balaban J connectivity index is 1.77. The van der Waals surface area contributed by atoms with Crippen LogP contribution in [-0.2, 0) is 4.79 Å². The van der Waals surface area contributed by atoms with E-state index in [9.17, 15) is 9.59 Å². The van der Waals surface area contributed by atoms with E-state index in [1.807, 2.05) is 12.1 Å². The van der Waals surface area contributed by atoms with Gasteiger partial charge in [-0.15, -0.1) is 0 Å². The number of rotatable bonds is 6. The molecule has 2 amide bonds. The average Bonchev–Trinajstić information content (AvgIpc) is 2.75. The molecular weight excluding hydrogens is 356 g/mol. The average molecular weight is 381 g/mol. The third kappa shape index (κ3) is 5.25. The summed E-state index contributed by atoms with van der Waals surface area (Å²) in [5, 5.41) is 11.9. The maximum atomic E-state index is 13.1. The molecule has 1 aromatic carbocycles. The van der Waals surface area contributed by atoms with Gasteiger partial charge in [-0.05, 0) is 29.8 Å². The van der Waals surface area contributed by atoms with E-state index in [0.29, 0.717) is 25.2 Å². The van der Waals surface area contributed by atoms with Crippen LogP contribution in [-0.4, -0.2) is 66.1 Å². The second-order valence-electron chi connectivity index (χ2n) is 6.68. The van der Waals surface area contributed by atoms with Crippen LogP contribution in [0.15, 0.2) is 60.6 Å². The number of benzene rings is 1. The number of piperazine rings is 1. The van der Waals surface area contributed by atoms with E-state index in [-0.39, 0.29) is 24.1 Å². The van der Waals surface area contributed by atoms with Gasteiger partial charge in [0, 0.05) is 18.0 Å². The molecule has 146 valence electrons. The highest BCUT2D eigenvalue weighted by Crippen LogP contribution is 2.09. The highest BCUT2D eigenvalue weighted by Gasteiger charge is 2.26. The first-order valence-electron chi connectivity index (χ1n) is 9.39. The quantitative estimate of drug-likeness (QED) is 0.593. The number of aliphatic hydroxyl groups excluding tert-OH is 1. The van der Waals surface area contributed by atoms with Gasteiger partial charge in [-0.25, -0.2) is 0 Å². The van der Waals surface area contributed by atoms with Crippen molar-refractivity contribution in [3.8, 4) is 0 Å². The van der Waals surface area contributed by atoms with E-state index in [4.69, 9.17) is 5.11 Å². The fourth-order valence-corrected chi connectivity index (χ4v) is 3.17. The number of aliphatic hydroxyl groups is 1. The van der Waals surface area contributed by atoms with E-state index in [1.165, 1.54) is 4.90 Å². The van der Waals surface area contributed by atoms with Crippen molar-refractivity contribution in [3.05, 3.63) is 71.7 Å². The Morgan fingerprint density at radius 2 is 1.89 bits per heavy atom. The van der Waals surface area contributed by atoms with Crippen molar-refractivity contribution < 1.29 is 19.6 Å². The topological polar surface area (TPSA) is 87.0 Å². The Kier molecular flexibility index (Phi) is 6.89. The molecule has 7 nitrogen and oxygen atoms in total. The summed E-state index contributed by atoms with van der Waals surface area (Å²) in [4.78, 5) is 32.8. The summed E-state index contributed by atoms with van der Waals surface area (Å²) in [5.41, 5.74) is 1.46. The molecule has 0 radical (unpaired) electrons. The number of nitrogens with zero attached hydrogens (tertiary/aromatic N) is 2. The van der Waals surface area contributed by atoms with Crippen molar-refractivity contribution in [2.75, 3.05) is 39.3 Å². The third-order valence-electron chi connectivity index (χ3n) is 4.73. The smallest absolute Gasteiger partial charge is 0.270 e. The van der Waals surface area contributed by atoms with E-state index in [2.05, 4.69) is 10.3 Å². The summed E-state index contributed by atoms with van der Waals surface area (Å²) in [6.45, 7) is 3.55. The number of nitrogens with one attached hydrogen (secondary N) is 2. The number of carbonyl (C=O) groups is 2. The highest BCUT2D eigenvalue weighted by molar-refractivity contribution is 6.05. The molecule has 7 heteroatoms. The molecule has 0 unspecified atom stereocenters. The van der Waals surface area contributed by atoms with Gasteiger partial charge in [-0.3, -0.25) is 14.6 Å². The lowest BCUT2D eigenvalue weighted by Gasteiger charge is -2.32. The minimum Gasteiger partial charge on any atom is -0.391 e. The van der Waals surface area contributed by atoms with E-state index in [1.54, 1.807) is 53.7 Å². The molecule has 3 N–H and O–H groups in total. The zero-order chi connectivity index (χ0) is 19.8. The largest absolute Gasteiger partial charge is 0.391 e. The normalized spacial score (nSPS) is 15.3. The molecule has 0 bridgehead atoms. The van der Waals surface area contributed by atoms with Gasteiger partial charge in [-0.2, -0.15) is 0 Å². The molecule has 0 atom stereocenters. The fraction of sp³-hybridized carbons (Fsp3) is 0.286. The summed E-state index contributed by atoms with van der Waals surface area (Å²) < 4.78 is 0. The fourth-order valence-electron chi connectivity index (χ4n) is 3.17. The van der Waals surface area contributed by atoms with Crippen molar-refractivity contribution in [3.63, 3.8) is 0 Å². The van der Waals surface area contributed by atoms with E-state index >= 15 is 0 Å². The number of carbonyl (C=O) groups excluding carboxylic acids is 2. The molecule has 0 spiro atoms. The summed E-state index contributed by atoms with van der Waals surface area (Å²) in [6.07, 6.45) is 4.96. The molecule has 2 aromatic rings. The minimum absolute atomic E-state index is 0.141. The monoisotopic (exact) mass is 381 g/mol. The summed E-state index contributed by atoms with van der Waals surface area (Å²) in [6, 6.07) is 12.4. The van der Waals surface area contributed by atoms with Crippen molar-refractivity contribution in [1.29, 1.82) is 0 Å². The van der Waals surface area contributed by atoms with Crippen LogP contribution in [0.25, 0.3) is 6.08 Å². The molecule has 1 aliphatic heterocycles. The van der Waals surface area contributed by atoms with Crippen LogP contribution >= 0.6 is 0 Å². The zero-order valence-electron chi connectivity index (χ0n) is 15.7. The highest BCUT2D eigenvalue weighted by atomic mass is 16.3. The predicted molar refractivity (Wildman–Crippen MR) is 105 cm³/mol. The first kappa shape index (κ1) is 19.7. The summed E-state index contributed by atoms with van der Waals surface area (Å²) in [5.74, 6) is -0.537. The molecular formula is C21H25N4O3+. The molecule has 2 heterocycles. The molecule has 0 saturated carbocycles. The second-order valence-corrected chi connectivity index (χ2v) is 6.68. The Bertz CT molecular complexity index is 816. The molecule has 1 fully saturated rings. The maximum Gasteiger partial charge on any atom is 0.270 e. The summed E-state index contributed by atoms with van der Waals surface area (Å²) in [7, 11) is 0. The van der Waals surface area contributed by atoms with Gasteiger partial charge in [0.25, 0.3) is 11.8 Å². The number of quaternary nitrogens is 1. The molecule has 28 heavy (non-hydrogen) atoms. The van der Waals surface area contributed by atoms with E-state index in [0.717, 1.165) is 18.7 Å². The van der Waals surface area contributed by atoms with Crippen LogP contribution in [0.1, 0.15) is 15.9 Å². The van der Waals surface area contributed by atoms with Crippen LogP contribution in [0.4, 0.5) is 0 Å². The van der Waals surface area contributed by atoms with Crippen LogP contribution in [0, 0.1) is 0 Å². The summed E-state index contributed by atoms with van der Waals surface area (Å²) >= 11 is 0. The van der Waals surface area contributed by atoms with Crippen LogP contribution in [0.3, 0.4) is 0 Å². The predicted octanol–water partition coefficient (Wildman–Crippen LogP) is -0.428. The maximum absolute atomic E-state index is 13.1. The first-order chi connectivity index (χ1) is 13.7. The van der Waals surface area contributed by atoms with Gasteiger partial charge in [0.2, 0.25) is 0 Å². The van der Waals surface area contributed by atoms with Crippen molar-refractivity contribution in [2.45, 2.75) is 0 Å². The van der Waals surface area contributed by atoms with Crippen LogP contribution in [0.2, 0.25) is 0 Å². The van der Waals surface area contributed by atoms with Crippen molar-refractivity contribution >= 4 is 17.9 Å². The Morgan fingerprint density at radius 1 is 1.14 bits per heavy atom. The van der Waals surface area contributed by atoms with Gasteiger partial charge >= 0.3 is 0 Å². The number of amides is 2. The standard InChI is InChI=1S/C21H24N4O3/c26-14-13-24-9-11-25(12-10-24)21(28)19(15-17-5-4-8-22-16-17)23-20(27)18-6-2-1-3-7-18/h1-8,15-16,26H,9-14H2,(H,23,27)/p+1/b19-15+. The number of pyridine rings is 1. The number of hydrogen-bond acceptors (Lipinski definition) is 4. The van der Waals surface area contributed by atoms with Gasteiger partial charge < -0.3 is 20.2 Å². The zero-order valence-corrected chi connectivity index (χ0v) is 15.7. The number of hydrogen-bond donors (Lipinski definition) is 3. The molecule has 0 aliphatic carbocycles. The molecule has 1 aromatic heterocycles. The van der Waals surface area contributed by atoms with Crippen LogP contribution in [0.5, 0.6) is 0 Å². The third-order valence-corrected chi connectivity index (χ3v) is 4.73. The lowest BCUT2D eigenvalue weighted by Crippen LogP contribution is -3.15. The van der Waals surface area contributed by atoms with Gasteiger partial charge in [0.15, 0.2) is 0 Å². The second kappa shape index (κ2) is 9.77. The lowest BCUT2D eigenvalue weighted by atomic mass is 10.1. The first-order valence-corrected chi connectivity index (χ1v) is 9.39. The lowest BCUT2D eigenvalue weighted by molar-refractivity contribution is -0.904. The Labute approximate surface area is 164 Å². The van der Waals surface area contributed by atoms with Crippen LogP contribution < -0.4 is 10.2 Å². The molecule has 1 saturated heterocycles.